The molecule has 0 amide bonds. The highest BCUT2D eigenvalue weighted by atomic mass is 32.2. The minimum absolute atomic E-state index is 0.0530. The van der Waals surface area contributed by atoms with Crippen LogP contribution in [0.2, 0.25) is 0 Å². The second-order valence-electron chi connectivity index (χ2n) is 6.36. The van der Waals surface area contributed by atoms with E-state index in [9.17, 15) is 8.42 Å². The molecule has 0 radical (unpaired) electrons. The Labute approximate surface area is 104 Å². The maximum Gasteiger partial charge on any atom is 0.217 e. The van der Waals surface area contributed by atoms with Crippen molar-refractivity contribution >= 4 is 10.0 Å². The van der Waals surface area contributed by atoms with Crippen molar-refractivity contribution in [2.45, 2.75) is 51.4 Å². The first-order chi connectivity index (χ1) is 7.79. The summed E-state index contributed by atoms with van der Waals surface area (Å²) in [5.74, 6) is 0. The van der Waals surface area contributed by atoms with Crippen LogP contribution in [0.5, 0.6) is 0 Å². The van der Waals surface area contributed by atoms with Crippen molar-refractivity contribution in [2.75, 3.05) is 19.7 Å². The molecule has 1 atom stereocenters. The zero-order valence-electron chi connectivity index (χ0n) is 11.0. The highest BCUT2D eigenvalue weighted by molar-refractivity contribution is 7.90. The summed E-state index contributed by atoms with van der Waals surface area (Å²) in [6, 6.07) is 0. The van der Waals surface area contributed by atoms with Gasteiger partial charge in [0.05, 0.1) is 18.0 Å². The third-order valence-electron chi connectivity index (χ3n) is 3.25. The van der Waals surface area contributed by atoms with Crippen LogP contribution in [0.1, 0.15) is 40.0 Å². The van der Waals surface area contributed by atoms with Crippen LogP contribution in [0.4, 0.5) is 0 Å². The van der Waals surface area contributed by atoms with Gasteiger partial charge in [0.2, 0.25) is 10.0 Å². The molecule has 100 valence electrons. The summed E-state index contributed by atoms with van der Waals surface area (Å²) in [5, 5.41) is -0.101. The van der Waals surface area contributed by atoms with Crippen molar-refractivity contribution in [3.8, 4) is 0 Å². The standard InChI is InChI=1S/C12H23NO3S/c1-12(2,3)8-10-9-13(6-7-16-10)17(14,15)11-4-5-11/h10-11H,4-9H2,1-3H3. The van der Waals surface area contributed by atoms with Crippen LogP contribution in [-0.4, -0.2) is 43.8 Å². The van der Waals surface area contributed by atoms with E-state index in [4.69, 9.17) is 4.74 Å². The summed E-state index contributed by atoms with van der Waals surface area (Å²) in [4.78, 5) is 0. The summed E-state index contributed by atoms with van der Waals surface area (Å²) in [5.41, 5.74) is 0.178. The summed E-state index contributed by atoms with van der Waals surface area (Å²) >= 11 is 0. The normalized spacial score (nSPS) is 28.3. The molecule has 4 nitrogen and oxygen atoms in total. The van der Waals surface area contributed by atoms with E-state index < -0.39 is 10.0 Å². The molecular weight excluding hydrogens is 238 g/mol. The quantitative estimate of drug-likeness (QED) is 0.775. The molecule has 0 aromatic rings. The molecule has 0 N–H and O–H groups in total. The fourth-order valence-corrected chi connectivity index (χ4v) is 4.16. The second-order valence-corrected chi connectivity index (χ2v) is 8.57. The van der Waals surface area contributed by atoms with E-state index in [1.807, 2.05) is 0 Å². The lowest BCUT2D eigenvalue weighted by atomic mass is 9.89. The Morgan fingerprint density at radius 2 is 1.94 bits per heavy atom. The Morgan fingerprint density at radius 1 is 1.29 bits per heavy atom. The van der Waals surface area contributed by atoms with Gasteiger partial charge in [-0.2, -0.15) is 4.31 Å². The van der Waals surface area contributed by atoms with E-state index in [-0.39, 0.29) is 16.8 Å². The minimum atomic E-state index is -3.02. The Bertz CT molecular complexity index is 368. The summed E-state index contributed by atoms with van der Waals surface area (Å²) < 4.78 is 31.6. The third kappa shape index (κ3) is 3.42. The molecule has 2 rings (SSSR count). The molecule has 17 heavy (non-hydrogen) atoms. The summed E-state index contributed by atoms with van der Waals surface area (Å²) in [6.45, 7) is 8.07. The minimum Gasteiger partial charge on any atom is -0.375 e. The van der Waals surface area contributed by atoms with E-state index in [2.05, 4.69) is 20.8 Å². The first-order valence-electron chi connectivity index (χ1n) is 6.39. The molecule has 1 unspecified atom stereocenters. The van der Waals surface area contributed by atoms with E-state index in [1.165, 1.54) is 0 Å². The van der Waals surface area contributed by atoms with Gasteiger partial charge in [0.25, 0.3) is 0 Å². The van der Waals surface area contributed by atoms with E-state index >= 15 is 0 Å². The van der Waals surface area contributed by atoms with Crippen LogP contribution in [0.25, 0.3) is 0 Å². The number of ether oxygens (including phenoxy) is 1. The Kier molecular flexibility index (Phi) is 3.54. The lowest BCUT2D eigenvalue weighted by molar-refractivity contribution is -0.0217. The topological polar surface area (TPSA) is 46.6 Å². The van der Waals surface area contributed by atoms with Crippen LogP contribution in [0.3, 0.4) is 0 Å². The van der Waals surface area contributed by atoms with Gasteiger partial charge in [0.1, 0.15) is 0 Å². The zero-order valence-corrected chi connectivity index (χ0v) is 11.8. The smallest absolute Gasteiger partial charge is 0.217 e. The Morgan fingerprint density at radius 3 is 2.47 bits per heavy atom. The molecule has 1 aliphatic heterocycles. The van der Waals surface area contributed by atoms with Gasteiger partial charge in [-0.3, -0.25) is 0 Å². The molecule has 5 heteroatoms. The number of sulfonamides is 1. The van der Waals surface area contributed by atoms with E-state index in [0.717, 1.165) is 19.3 Å². The highest BCUT2D eigenvalue weighted by Crippen LogP contribution is 2.33. The fourth-order valence-electron chi connectivity index (χ4n) is 2.31. The number of rotatable bonds is 3. The maximum atomic E-state index is 12.1. The van der Waals surface area contributed by atoms with Gasteiger partial charge in [-0.15, -0.1) is 0 Å². The second kappa shape index (κ2) is 4.52. The number of hydrogen-bond donors (Lipinski definition) is 0. The summed E-state index contributed by atoms with van der Waals surface area (Å²) in [7, 11) is -3.02. The van der Waals surface area contributed by atoms with Crippen molar-refractivity contribution in [1.82, 2.24) is 4.31 Å². The van der Waals surface area contributed by atoms with E-state index in [0.29, 0.717) is 19.7 Å². The van der Waals surface area contributed by atoms with Gasteiger partial charge >= 0.3 is 0 Å². The average molecular weight is 261 g/mol. The maximum absolute atomic E-state index is 12.1. The molecule has 1 saturated carbocycles. The Hall–Kier alpha value is -0.130. The number of hydrogen-bond acceptors (Lipinski definition) is 3. The van der Waals surface area contributed by atoms with Crippen LogP contribution in [0.15, 0.2) is 0 Å². The van der Waals surface area contributed by atoms with Crippen molar-refractivity contribution < 1.29 is 13.2 Å². The van der Waals surface area contributed by atoms with Crippen molar-refractivity contribution in [1.29, 1.82) is 0 Å². The molecule has 0 bridgehead atoms. The first-order valence-corrected chi connectivity index (χ1v) is 7.90. The third-order valence-corrected chi connectivity index (χ3v) is 5.61. The molecule has 1 aliphatic carbocycles. The van der Waals surface area contributed by atoms with Gasteiger partial charge < -0.3 is 4.74 Å². The zero-order chi connectivity index (χ0) is 12.7. The highest BCUT2D eigenvalue weighted by Gasteiger charge is 2.42. The number of morpholine rings is 1. The molecule has 1 heterocycles. The van der Waals surface area contributed by atoms with Crippen molar-refractivity contribution in [3.05, 3.63) is 0 Å². The van der Waals surface area contributed by atoms with Crippen LogP contribution in [-0.2, 0) is 14.8 Å². The SMILES string of the molecule is CC(C)(C)CC1CN(S(=O)(=O)C2CC2)CCO1. The van der Waals surface area contributed by atoms with Crippen LogP contribution >= 0.6 is 0 Å². The van der Waals surface area contributed by atoms with Gasteiger partial charge in [0, 0.05) is 13.1 Å². The van der Waals surface area contributed by atoms with Gasteiger partial charge in [-0.1, -0.05) is 20.8 Å². The van der Waals surface area contributed by atoms with Gasteiger partial charge in [-0.25, -0.2) is 8.42 Å². The van der Waals surface area contributed by atoms with Gasteiger partial charge in [0.15, 0.2) is 0 Å². The summed E-state index contributed by atoms with van der Waals surface area (Å²) in [6.07, 6.45) is 2.63. The monoisotopic (exact) mass is 261 g/mol. The molecule has 1 saturated heterocycles. The Balaban J connectivity index is 1.97. The van der Waals surface area contributed by atoms with Crippen LogP contribution in [0, 0.1) is 5.41 Å². The lowest BCUT2D eigenvalue weighted by Gasteiger charge is -2.35. The molecule has 2 fully saturated rings. The average Bonchev–Trinajstić information content (AvgIpc) is 2.98. The van der Waals surface area contributed by atoms with Gasteiger partial charge in [-0.05, 0) is 24.7 Å². The lowest BCUT2D eigenvalue weighted by Crippen LogP contribution is -2.47. The molecular formula is C12H23NO3S. The predicted octanol–water partition coefficient (Wildman–Crippen LogP) is 1.62. The molecule has 2 aliphatic rings. The molecule has 0 aromatic carbocycles. The molecule has 0 spiro atoms. The van der Waals surface area contributed by atoms with E-state index in [1.54, 1.807) is 4.31 Å². The van der Waals surface area contributed by atoms with Crippen LogP contribution < -0.4 is 0 Å². The largest absolute Gasteiger partial charge is 0.375 e. The predicted molar refractivity (Wildman–Crippen MR) is 67.3 cm³/mol. The first kappa shape index (κ1) is 13.3. The van der Waals surface area contributed by atoms with Crippen molar-refractivity contribution in [2.24, 2.45) is 5.41 Å². The molecule has 0 aromatic heterocycles. The van der Waals surface area contributed by atoms with Crippen molar-refractivity contribution in [3.63, 3.8) is 0 Å². The fraction of sp³-hybridized carbons (Fsp3) is 1.00. The number of nitrogens with zero attached hydrogens (tertiary/aromatic N) is 1.